The van der Waals surface area contributed by atoms with Gasteiger partial charge in [-0.25, -0.2) is 9.18 Å². The van der Waals surface area contributed by atoms with Crippen molar-refractivity contribution in [2.75, 3.05) is 0 Å². The van der Waals surface area contributed by atoms with Gasteiger partial charge in [-0.1, -0.05) is 6.07 Å². The lowest BCUT2D eigenvalue weighted by Crippen LogP contribution is -2.79. The molecular formula is C15H14F6N2O2. The van der Waals surface area contributed by atoms with E-state index in [2.05, 4.69) is 15.4 Å². The predicted octanol–water partition coefficient (Wildman–Crippen LogP) is 3.71. The molecule has 0 radical (unpaired) electrons. The van der Waals surface area contributed by atoms with Gasteiger partial charge in [-0.3, -0.25) is 0 Å². The van der Waals surface area contributed by atoms with Crippen molar-refractivity contribution >= 4 is 6.03 Å². The van der Waals surface area contributed by atoms with E-state index in [9.17, 15) is 31.1 Å². The first-order chi connectivity index (χ1) is 11.5. The molecule has 0 aliphatic heterocycles. The highest BCUT2D eigenvalue weighted by molar-refractivity contribution is 5.75. The summed E-state index contributed by atoms with van der Waals surface area (Å²) in [5.74, 6) is -1.62. The highest BCUT2D eigenvalue weighted by Gasteiger charge is 2.79. The first kappa shape index (κ1) is 17.7. The minimum atomic E-state index is -4.26. The molecule has 10 heteroatoms. The van der Waals surface area contributed by atoms with Crippen LogP contribution < -0.4 is 15.4 Å². The zero-order valence-corrected chi connectivity index (χ0v) is 12.7. The fourth-order valence-corrected chi connectivity index (χ4v) is 3.53. The number of ether oxygens (including phenoxy) is 1. The van der Waals surface area contributed by atoms with Crippen molar-refractivity contribution in [2.24, 2.45) is 5.41 Å². The Morgan fingerprint density at radius 1 is 1.24 bits per heavy atom. The maximum atomic E-state index is 13.3. The molecule has 4 nitrogen and oxygen atoms in total. The van der Waals surface area contributed by atoms with Crippen molar-refractivity contribution < 1.29 is 35.9 Å². The predicted molar refractivity (Wildman–Crippen MR) is 73.5 cm³/mol. The fourth-order valence-electron chi connectivity index (χ4n) is 3.53. The molecule has 4 rings (SSSR count). The Morgan fingerprint density at radius 3 is 2.44 bits per heavy atom. The van der Waals surface area contributed by atoms with E-state index in [-0.39, 0.29) is 25.8 Å². The molecule has 138 valence electrons. The number of halogens is 6. The minimum absolute atomic E-state index is 0.119. The summed E-state index contributed by atoms with van der Waals surface area (Å²) in [7, 11) is 0. The van der Waals surface area contributed by atoms with Crippen LogP contribution in [0.5, 0.6) is 5.75 Å². The summed E-state index contributed by atoms with van der Waals surface area (Å²) in [6, 6.07) is 2.53. The molecule has 1 aromatic carbocycles. The third-order valence-electron chi connectivity index (χ3n) is 4.68. The molecule has 3 aliphatic carbocycles. The van der Waals surface area contributed by atoms with Gasteiger partial charge in [-0.15, -0.1) is 0 Å². The topological polar surface area (TPSA) is 50.4 Å². The van der Waals surface area contributed by atoms with Gasteiger partial charge in [0.1, 0.15) is 0 Å². The smallest absolute Gasteiger partial charge is 0.394 e. The number of urea groups is 1. The van der Waals surface area contributed by atoms with Crippen molar-refractivity contribution in [3.63, 3.8) is 0 Å². The third kappa shape index (κ3) is 3.21. The second-order valence-electron chi connectivity index (χ2n) is 6.54. The van der Waals surface area contributed by atoms with E-state index in [0.29, 0.717) is 5.56 Å². The summed E-state index contributed by atoms with van der Waals surface area (Å²) < 4.78 is 79.8. The molecule has 0 aromatic heterocycles. The summed E-state index contributed by atoms with van der Waals surface area (Å²) in [4.78, 5) is 11.8. The van der Waals surface area contributed by atoms with Gasteiger partial charge in [0, 0.05) is 12.1 Å². The second-order valence-corrected chi connectivity index (χ2v) is 6.54. The number of carbonyl (C=O) groups is 1. The van der Waals surface area contributed by atoms with Crippen molar-refractivity contribution in [1.29, 1.82) is 0 Å². The molecule has 2 amide bonds. The van der Waals surface area contributed by atoms with Gasteiger partial charge in [-0.2, -0.15) is 22.0 Å². The van der Waals surface area contributed by atoms with Crippen molar-refractivity contribution in [2.45, 2.75) is 44.1 Å². The van der Waals surface area contributed by atoms with Crippen LogP contribution in [0, 0.1) is 11.2 Å². The Hall–Kier alpha value is -2.13. The molecule has 0 spiro atoms. The Balaban J connectivity index is 1.49. The van der Waals surface area contributed by atoms with Crippen LogP contribution in [0.25, 0.3) is 0 Å². The standard InChI is InChI=1S/C15H14F6N2O2/c16-9-2-1-8(3-10(9)25-11(17)18)4-22-12(24)23-14-5-13(6-14,7-14)15(19,20)21/h1-3,11H,4-7H2,(H2,22,23,24). The lowest BCUT2D eigenvalue weighted by atomic mass is 9.39. The Kier molecular flexibility index (Phi) is 4.03. The molecule has 1 aromatic rings. The Bertz CT molecular complexity index is 671. The highest BCUT2D eigenvalue weighted by Crippen LogP contribution is 2.73. The molecule has 25 heavy (non-hydrogen) atoms. The SMILES string of the molecule is O=C(NCc1ccc(F)c(OC(F)F)c1)NC12CC(C(F)(F)F)(C1)C2. The van der Waals surface area contributed by atoms with Gasteiger partial charge < -0.3 is 15.4 Å². The number of hydrogen-bond donors (Lipinski definition) is 2. The van der Waals surface area contributed by atoms with E-state index >= 15 is 0 Å². The molecule has 0 atom stereocenters. The Labute approximate surface area is 138 Å². The zero-order valence-electron chi connectivity index (χ0n) is 12.7. The molecule has 0 saturated heterocycles. The third-order valence-corrected chi connectivity index (χ3v) is 4.68. The van der Waals surface area contributed by atoms with Gasteiger partial charge in [0.15, 0.2) is 11.6 Å². The van der Waals surface area contributed by atoms with E-state index in [1.54, 1.807) is 0 Å². The van der Waals surface area contributed by atoms with Crippen LogP contribution in [0.2, 0.25) is 0 Å². The maximum absolute atomic E-state index is 13.3. The van der Waals surface area contributed by atoms with Crippen LogP contribution in [0.3, 0.4) is 0 Å². The average molecular weight is 368 g/mol. The van der Waals surface area contributed by atoms with Gasteiger partial charge in [0.2, 0.25) is 0 Å². The van der Waals surface area contributed by atoms with Crippen molar-refractivity contribution in [3.05, 3.63) is 29.6 Å². The molecular weight excluding hydrogens is 354 g/mol. The van der Waals surface area contributed by atoms with Crippen molar-refractivity contribution in [3.8, 4) is 5.75 Å². The lowest BCUT2D eigenvalue weighted by molar-refractivity contribution is -0.336. The number of amides is 2. The fraction of sp³-hybridized carbons (Fsp3) is 0.533. The molecule has 2 bridgehead atoms. The average Bonchev–Trinajstić information content (AvgIpc) is 2.40. The van der Waals surface area contributed by atoms with E-state index in [0.717, 1.165) is 12.1 Å². The van der Waals surface area contributed by atoms with Crippen molar-refractivity contribution in [1.82, 2.24) is 10.6 Å². The maximum Gasteiger partial charge on any atom is 0.394 e. The van der Waals surface area contributed by atoms with Gasteiger partial charge in [0.25, 0.3) is 0 Å². The molecule has 3 saturated carbocycles. The number of nitrogens with one attached hydrogen (secondary N) is 2. The molecule has 0 unspecified atom stereocenters. The highest BCUT2D eigenvalue weighted by atomic mass is 19.4. The van der Waals surface area contributed by atoms with E-state index < -0.39 is 41.3 Å². The summed E-state index contributed by atoms with van der Waals surface area (Å²) in [6.07, 6.45) is -4.68. The number of alkyl halides is 5. The normalized spacial score (nSPS) is 27.3. The van der Waals surface area contributed by atoms with Gasteiger partial charge >= 0.3 is 18.8 Å². The number of hydrogen-bond acceptors (Lipinski definition) is 2. The van der Waals surface area contributed by atoms with E-state index in [1.165, 1.54) is 6.07 Å². The minimum Gasteiger partial charge on any atom is -0.432 e. The second kappa shape index (κ2) is 5.70. The summed E-state index contributed by atoms with van der Waals surface area (Å²) in [5, 5.41) is 4.91. The van der Waals surface area contributed by atoms with Crippen LogP contribution in [0.4, 0.5) is 31.1 Å². The van der Waals surface area contributed by atoms with Gasteiger partial charge in [-0.05, 0) is 37.0 Å². The van der Waals surface area contributed by atoms with Crippen LogP contribution in [0.1, 0.15) is 24.8 Å². The first-order valence-electron chi connectivity index (χ1n) is 7.40. The molecule has 0 heterocycles. The van der Waals surface area contributed by atoms with E-state index in [1.807, 2.05) is 0 Å². The van der Waals surface area contributed by atoms with Crippen LogP contribution in [-0.4, -0.2) is 24.4 Å². The first-order valence-corrected chi connectivity index (χ1v) is 7.40. The number of rotatable bonds is 5. The monoisotopic (exact) mass is 368 g/mol. The molecule has 2 N–H and O–H groups in total. The largest absolute Gasteiger partial charge is 0.432 e. The van der Waals surface area contributed by atoms with Crippen LogP contribution in [-0.2, 0) is 6.54 Å². The van der Waals surface area contributed by atoms with Crippen LogP contribution >= 0.6 is 0 Å². The molecule has 3 fully saturated rings. The molecule has 3 aliphatic rings. The quantitative estimate of drug-likeness (QED) is 0.779. The summed E-state index contributed by atoms with van der Waals surface area (Å²) in [6.45, 7) is -3.31. The summed E-state index contributed by atoms with van der Waals surface area (Å²) in [5.41, 5.74) is -2.19. The number of benzene rings is 1. The van der Waals surface area contributed by atoms with Gasteiger partial charge in [0.05, 0.1) is 5.41 Å². The van der Waals surface area contributed by atoms with E-state index in [4.69, 9.17) is 0 Å². The number of carbonyl (C=O) groups excluding carboxylic acids is 1. The summed E-state index contributed by atoms with van der Waals surface area (Å²) >= 11 is 0. The van der Waals surface area contributed by atoms with Crippen LogP contribution in [0.15, 0.2) is 18.2 Å². The zero-order chi connectivity index (χ0) is 18.5. The lowest BCUT2D eigenvalue weighted by Gasteiger charge is -2.70. The Morgan fingerprint density at radius 2 is 1.88 bits per heavy atom.